The van der Waals surface area contributed by atoms with Crippen LogP contribution in [0.3, 0.4) is 0 Å². The van der Waals surface area contributed by atoms with Crippen molar-refractivity contribution in [2.24, 2.45) is 5.92 Å². The zero-order valence-electron chi connectivity index (χ0n) is 9.13. The number of sulfonamides is 1. The summed E-state index contributed by atoms with van der Waals surface area (Å²) in [6.45, 7) is 2.45. The van der Waals surface area contributed by atoms with Crippen LogP contribution in [0.4, 0.5) is 5.69 Å². The van der Waals surface area contributed by atoms with Crippen LogP contribution >= 0.6 is 0 Å². The van der Waals surface area contributed by atoms with E-state index < -0.39 is 10.0 Å². The van der Waals surface area contributed by atoms with Gasteiger partial charge in [0, 0.05) is 6.54 Å². The van der Waals surface area contributed by atoms with Gasteiger partial charge in [0.1, 0.15) is 0 Å². The Hall–Kier alpha value is -1.07. The Morgan fingerprint density at radius 3 is 2.44 bits per heavy atom. The van der Waals surface area contributed by atoms with Crippen molar-refractivity contribution in [2.75, 3.05) is 16.6 Å². The molecule has 88 valence electrons. The summed E-state index contributed by atoms with van der Waals surface area (Å²) >= 11 is 0. The van der Waals surface area contributed by atoms with Crippen molar-refractivity contribution in [1.29, 1.82) is 0 Å². The Balaban J connectivity index is 2.30. The fraction of sp³-hybridized carbons (Fsp3) is 0.455. The Labute approximate surface area is 95.6 Å². The normalized spacial score (nSPS) is 23.6. The second kappa shape index (κ2) is 4.07. The van der Waals surface area contributed by atoms with E-state index in [-0.39, 0.29) is 18.3 Å². The molecule has 0 radical (unpaired) electrons. The lowest BCUT2D eigenvalue weighted by Gasteiger charge is -2.17. The van der Waals surface area contributed by atoms with Crippen LogP contribution in [-0.4, -0.2) is 25.8 Å². The predicted octanol–water partition coefficient (Wildman–Crippen LogP) is 0.965. The maximum atomic E-state index is 11.8. The Kier molecular flexibility index (Phi) is 2.90. The van der Waals surface area contributed by atoms with E-state index in [9.17, 15) is 8.42 Å². The number of hydrogen-bond donors (Lipinski definition) is 1. The summed E-state index contributed by atoms with van der Waals surface area (Å²) in [7, 11) is -3.14. The van der Waals surface area contributed by atoms with Gasteiger partial charge in [-0.15, -0.1) is 0 Å². The minimum absolute atomic E-state index is 0.0244. The van der Waals surface area contributed by atoms with Crippen LogP contribution in [0.25, 0.3) is 0 Å². The maximum Gasteiger partial charge on any atom is 0.235 e. The molecular weight excluding hydrogens is 226 g/mol. The number of aliphatic hydroxyl groups is 1. The van der Waals surface area contributed by atoms with E-state index in [4.69, 9.17) is 5.11 Å². The first-order valence-electron chi connectivity index (χ1n) is 5.23. The SMILES string of the molecule is CC1CN(c2ccc(CO)cc2)S(=O)(=O)C1. The smallest absolute Gasteiger partial charge is 0.235 e. The number of rotatable bonds is 2. The van der Waals surface area contributed by atoms with Gasteiger partial charge in [0.25, 0.3) is 0 Å². The molecular formula is C11H15NO3S. The van der Waals surface area contributed by atoms with Gasteiger partial charge in [-0.2, -0.15) is 0 Å². The molecule has 0 saturated carbocycles. The Bertz CT molecular complexity index is 467. The van der Waals surface area contributed by atoms with Gasteiger partial charge in [-0.25, -0.2) is 8.42 Å². The second-order valence-corrected chi connectivity index (χ2v) is 6.18. The predicted molar refractivity (Wildman–Crippen MR) is 62.7 cm³/mol. The fourth-order valence-corrected chi connectivity index (χ4v) is 3.86. The van der Waals surface area contributed by atoms with Gasteiger partial charge in [-0.1, -0.05) is 19.1 Å². The first-order chi connectivity index (χ1) is 7.53. The lowest BCUT2D eigenvalue weighted by molar-refractivity contribution is 0.282. The van der Waals surface area contributed by atoms with E-state index in [2.05, 4.69) is 0 Å². The van der Waals surface area contributed by atoms with Gasteiger partial charge in [0.2, 0.25) is 10.0 Å². The van der Waals surface area contributed by atoms with Gasteiger partial charge in [-0.3, -0.25) is 4.31 Å². The average Bonchev–Trinajstić information content (AvgIpc) is 2.52. The third kappa shape index (κ3) is 2.05. The van der Waals surface area contributed by atoms with Crippen LogP contribution in [0.5, 0.6) is 0 Å². The van der Waals surface area contributed by atoms with E-state index in [1.165, 1.54) is 4.31 Å². The second-order valence-electron chi connectivity index (χ2n) is 4.24. The van der Waals surface area contributed by atoms with E-state index in [0.717, 1.165) is 5.56 Å². The molecule has 5 heteroatoms. The van der Waals surface area contributed by atoms with Gasteiger partial charge >= 0.3 is 0 Å². The van der Waals surface area contributed by atoms with Crippen molar-refractivity contribution < 1.29 is 13.5 Å². The fourth-order valence-electron chi connectivity index (χ4n) is 1.93. The first-order valence-corrected chi connectivity index (χ1v) is 6.84. The van der Waals surface area contributed by atoms with E-state index >= 15 is 0 Å². The number of aliphatic hydroxyl groups excluding tert-OH is 1. The van der Waals surface area contributed by atoms with E-state index in [1.807, 2.05) is 6.92 Å². The maximum absolute atomic E-state index is 11.8. The molecule has 1 unspecified atom stereocenters. The summed E-state index contributed by atoms with van der Waals surface area (Å²) in [5, 5.41) is 8.91. The quantitative estimate of drug-likeness (QED) is 0.839. The van der Waals surface area contributed by atoms with Crippen LogP contribution in [0.1, 0.15) is 12.5 Å². The molecule has 1 aromatic rings. The first kappa shape index (κ1) is 11.4. The monoisotopic (exact) mass is 241 g/mol. The lowest BCUT2D eigenvalue weighted by atomic mass is 10.2. The summed E-state index contributed by atoms with van der Waals surface area (Å²) in [6.07, 6.45) is 0. The highest BCUT2D eigenvalue weighted by Gasteiger charge is 2.33. The zero-order chi connectivity index (χ0) is 11.8. The molecule has 0 spiro atoms. The summed E-state index contributed by atoms with van der Waals surface area (Å²) in [4.78, 5) is 0. The van der Waals surface area contributed by atoms with Crippen LogP contribution < -0.4 is 4.31 Å². The highest BCUT2D eigenvalue weighted by Crippen LogP contribution is 2.26. The van der Waals surface area contributed by atoms with Crippen molar-refractivity contribution in [3.05, 3.63) is 29.8 Å². The van der Waals surface area contributed by atoms with Crippen LogP contribution in [0.15, 0.2) is 24.3 Å². The van der Waals surface area contributed by atoms with Crippen LogP contribution in [0, 0.1) is 5.92 Å². The van der Waals surface area contributed by atoms with Crippen LogP contribution in [0.2, 0.25) is 0 Å². The van der Waals surface area contributed by atoms with Crippen molar-refractivity contribution in [2.45, 2.75) is 13.5 Å². The molecule has 1 aromatic carbocycles. The molecule has 0 aromatic heterocycles. The van der Waals surface area contributed by atoms with Crippen LogP contribution in [-0.2, 0) is 16.6 Å². The van der Waals surface area contributed by atoms with E-state index in [1.54, 1.807) is 24.3 Å². The minimum atomic E-state index is -3.14. The molecule has 0 bridgehead atoms. The molecule has 1 aliphatic rings. The third-order valence-electron chi connectivity index (χ3n) is 2.72. The van der Waals surface area contributed by atoms with Crippen molar-refractivity contribution in [1.82, 2.24) is 0 Å². The lowest BCUT2D eigenvalue weighted by Crippen LogP contribution is -2.25. The molecule has 2 rings (SSSR count). The Morgan fingerprint density at radius 2 is 2.00 bits per heavy atom. The van der Waals surface area contributed by atoms with Gasteiger partial charge < -0.3 is 5.11 Å². The number of nitrogens with zero attached hydrogens (tertiary/aromatic N) is 1. The summed E-state index contributed by atoms with van der Waals surface area (Å²) in [6, 6.07) is 6.96. The largest absolute Gasteiger partial charge is 0.392 e. The number of anilines is 1. The van der Waals surface area contributed by atoms with Crippen molar-refractivity contribution >= 4 is 15.7 Å². The highest BCUT2D eigenvalue weighted by molar-refractivity contribution is 7.93. The molecule has 4 nitrogen and oxygen atoms in total. The van der Waals surface area contributed by atoms with Gasteiger partial charge in [0.05, 0.1) is 18.0 Å². The number of benzene rings is 1. The Morgan fingerprint density at radius 1 is 1.38 bits per heavy atom. The van der Waals surface area contributed by atoms with Crippen molar-refractivity contribution in [3.8, 4) is 0 Å². The van der Waals surface area contributed by atoms with Gasteiger partial charge in [0.15, 0.2) is 0 Å². The minimum Gasteiger partial charge on any atom is -0.392 e. The molecule has 0 aliphatic carbocycles. The van der Waals surface area contributed by atoms with Gasteiger partial charge in [-0.05, 0) is 23.6 Å². The zero-order valence-corrected chi connectivity index (χ0v) is 9.94. The summed E-state index contributed by atoms with van der Waals surface area (Å²) in [5.74, 6) is 0.386. The van der Waals surface area contributed by atoms with Crippen molar-refractivity contribution in [3.63, 3.8) is 0 Å². The molecule has 1 N–H and O–H groups in total. The molecule has 1 atom stereocenters. The topological polar surface area (TPSA) is 57.6 Å². The highest BCUT2D eigenvalue weighted by atomic mass is 32.2. The molecule has 1 saturated heterocycles. The molecule has 1 fully saturated rings. The molecule has 0 amide bonds. The number of hydrogen-bond acceptors (Lipinski definition) is 3. The summed E-state index contributed by atoms with van der Waals surface area (Å²) < 4.78 is 25.1. The summed E-state index contributed by atoms with van der Waals surface area (Å²) in [5.41, 5.74) is 1.47. The average molecular weight is 241 g/mol. The standard InChI is InChI=1S/C11H15NO3S/c1-9-6-12(16(14,15)8-9)11-4-2-10(7-13)3-5-11/h2-5,9,13H,6-8H2,1H3. The molecule has 16 heavy (non-hydrogen) atoms. The third-order valence-corrected chi connectivity index (χ3v) is 4.74. The molecule has 1 heterocycles. The van der Waals surface area contributed by atoms with E-state index in [0.29, 0.717) is 12.2 Å². The molecule has 1 aliphatic heterocycles.